The molecule has 4 rings (SSSR count). The number of amides is 1. The molecule has 0 bridgehead atoms. The van der Waals surface area contributed by atoms with Gasteiger partial charge in [-0.2, -0.15) is 0 Å². The third kappa shape index (κ3) is 6.67. The zero-order chi connectivity index (χ0) is 27.2. The molecule has 1 heterocycles. The second kappa shape index (κ2) is 12.4. The van der Waals surface area contributed by atoms with Crippen LogP contribution in [0, 0.1) is 27.7 Å². The molecular weight excluding hydrogens is 498 g/mol. The summed E-state index contributed by atoms with van der Waals surface area (Å²) in [5.41, 5.74) is 6.11. The molecule has 1 unspecified atom stereocenters. The van der Waals surface area contributed by atoms with Gasteiger partial charge in [-0.05, 0) is 100 Å². The van der Waals surface area contributed by atoms with Crippen LogP contribution >= 0.6 is 11.6 Å². The molecule has 200 valence electrons. The average Bonchev–Trinajstić information content (AvgIpc) is 3.26. The molecule has 1 amide bonds. The predicted molar refractivity (Wildman–Crippen MR) is 153 cm³/mol. The summed E-state index contributed by atoms with van der Waals surface area (Å²) in [6.07, 6.45) is 1.80. The van der Waals surface area contributed by atoms with Crippen molar-refractivity contribution >= 4 is 28.5 Å². The number of aryl methyl sites for hydroxylation is 5. The van der Waals surface area contributed by atoms with Gasteiger partial charge in [0.25, 0.3) is 5.91 Å². The molecule has 0 aliphatic rings. The largest absolute Gasteiger partial charge is 0.494 e. The summed E-state index contributed by atoms with van der Waals surface area (Å²) >= 11 is 6.27. The summed E-state index contributed by atoms with van der Waals surface area (Å²) in [4.78, 5) is 17.6. The summed E-state index contributed by atoms with van der Waals surface area (Å²) in [5.74, 6) is 2.22. The molecule has 6 nitrogen and oxygen atoms in total. The average molecular weight is 534 g/mol. The first-order valence-corrected chi connectivity index (χ1v) is 13.4. The Morgan fingerprint density at radius 2 is 1.71 bits per heavy atom. The van der Waals surface area contributed by atoms with E-state index in [2.05, 4.69) is 16.0 Å². The van der Waals surface area contributed by atoms with Crippen molar-refractivity contribution in [3.8, 4) is 11.5 Å². The van der Waals surface area contributed by atoms with Crippen molar-refractivity contribution in [2.75, 3.05) is 13.2 Å². The number of benzene rings is 3. The summed E-state index contributed by atoms with van der Waals surface area (Å²) < 4.78 is 14.0. The van der Waals surface area contributed by atoms with E-state index in [9.17, 15) is 4.79 Å². The van der Waals surface area contributed by atoms with Crippen LogP contribution in [0.15, 0.2) is 54.6 Å². The minimum atomic E-state index is -0.270. The number of halogens is 1. The number of hydrogen-bond donors (Lipinski definition) is 1. The Bertz CT molecular complexity index is 1410. The highest BCUT2D eigenvalue weighted by Crippen LogP contribution is 2.26. The minimum Gasteiger partial charge on any atom is -0.494 e. The van der Waals surface area contributed by atoms with Gasteiger partial charge in [-0.3, -0.25) is 4.79 Å². The van der Waals surface area contributed by atoms with Gasteiger partial charge in [0.2, 0.25) is 0 Å². The fourth-order valence-electron chi connectivity index (χ4n) is 4.57. The van der Waals surface area contributed by atoms with Crippen molar-refractivity contribution in [3.63, 3.8) is 0 Å². The van der Waals surface area contributed by atoms with Crippen LogP contribution in [0.25, 0.3) is 11.0 Å². The third-order valence-electron chi connectivity index (χ3n) is 6.61. The number of fused-ring (bicyclic) bond motifs is 1. The standard InChI is InChI=1S/C31H36ClN3O3/c1-20-12-13-21(2)28(16-20)38-19-29(36)33-24(5)31-34-26-10-6-7-11-27(26)35(31)14-8-9-15-37-25-17-22(3)30(32)23(4)18-25/h6-7,10-13,16-18,24H,8-9,14-15,19H2,1-5H3,(H,33,36). The summed E-state index contributed by atoms with van der Waals surface area (Å²) in [6.45, 7) is 11.3. The number of nitrogens with one attached hydrogen (secondary N) is 1. The Morgan fingerprint density at radius 3 is 2.47 bits per heavy atom. The van der Waals surface area contributed by atoms with E-state index in [1.165, 1.54) is 0 Å². The molecule has 0 spiro atoms. The number of para-hydroxylation sites is 2. The number of carbonyl (C=O) groups is 1. The fraction of sp³-hybridized carbons (Fsp3) is 0.355. The van der Waals surface area contributed by atoms with Crippen LogP contribution < -0.4 is 14.8 Å². The van der Waals surface area contributed by atoms with E-state index < -0.39 is 0 Å². The zero-order valence-electron chi connectivity index (χ0n) is 22.8. The first-order valence-electron chi connectivity index (χ1n) is 13.1. The Labute approximate surface area is 229 Å². The molecular formula is C31H36ClN3O3. The summed E-state index contributed by atoms with van der Waals surface area (Å²) in [5, 5.41) is 3.84. The summed E-state index contributed by atoms with van der Waals surface area (Å²) in [6, 6.07) is 17.7. The number of imidazole rings is 1. The predicted octanol–water partition coefficient (Wildman–Crippen LogP) is 7.04. The number of aromatic nitrogens is 2. The maximum atomic E-state index is 12.7. The van der Waals surface area contributed by atoms with Crippen LogP contribution in [-0.4, -0.2) is 28.7 Å². The van der Waals surface area contributed by atoms with Crippen molar-refractivity contribution in [1.82, 2.24) is 14.9 Å². The molecule has 1 aromatic heterocycles. The first-order chi connectivity index (χ1) is 18.2. The maximum Gasteiger partial charge on any atom is 0.258 e. The molecule has 0 radical (unpaired) electrons. The second-order valence-corrected chi connectivity index (χ2v) is 10.3. The van der Waals surface area contributed by atoms with Gasteiger partial charge in [-0.15, -0.1) is 0 Å². The molecule has 4 aromatic rings. The maximum absolute atomic E-state index is 12.7. The van der Waals surface area contributed by atoms with Gasteiger partial charge in [-0.1, -0.05) is 35.9 Å². The zero-order valence-corrected chi connectivity index (χ0v) is 23.6. The van der Waals surface area contributed by atoms with Gasteiger partial charge in [0.15, 0.2) is 6.61 Å². The minimum absolute atomic E-state index is 0.0458. The number of nitrogens with zero attached hydrogens (tertiary/aromatic N) is 2. The monoisotopic (exact) mass is 533 g/mol. The van der Waals surface area contributed by atoms with Crippen molar-refractivity contribution in [2.45, 2.75) is 60.0 Å². The van der Waals surface area contributed by atoms with Crippen LogP contribution in [0.2, 0.25) is 5.02 Å². The van der Waals surface area contributed by atoms with Gasteiger partial charge in [0, 0.05) is 11.6 Å². The number of carbonyl (C=O) groups excluding carboxylic acids is 1. The number of unbranched alkanes of at least 4 members (excludes halogenated alkanes) is 1. The van der Waals surface area contributed by atoms with E-state index >= 15 is 0 Å². The molecule has 3 aromatic carbocycles. The smallest absolute Gasteiger partial charge is 0.258 e. The number of hydrogen-bond acceptors (Lipinski definition) is 4. The molecule has 0 aliphatic heterocycles. The molecule has 1 N–H and O–H groups in total. The topological polar surface area (TPSA) is 65.4 Å². The second-order valence-electron chi connectivity index (χ2n) is 9.88. The number of ether oxygens (including phenoxy) is 2. The van der Waals surface area contributed by atoms with Crippen molar-refractivity contribution in [3.05, 3.63) is 87.7 Å². The van der Waals surface area contributed by atoms with E-state index in [1.54, 1.807) is 0 Å². The molecule has 0 saturated heterocycles. The van der Waals surface area contributed by atoms with Crippen LogP contribution in [0.1, 0.15) is 53.9 Å². The highest BCUT2D eigenvalue weighted by Gasteiger charge is 2.19. The number of rotatable bonds is 11. The van der Waals surface area contributed by atoms with Crippen LogP contribution in [0.5, 0.6) is 11.5 Å². The highest BCUT2D eigenvalue weighted by atomic mass is 35.5. The van der Waals surface area contributed by atoms with Gasteiger partial charge < -0.3 is 19.4 Å². The van der Waals surface area contributed by atoms with Gasteiger partial charge >= 0.3 is 0 Å². The summed E-state index contributed by atoms with van der Waals surface area (Å²) in [7, 11) is 0. The quantitative estimate of drug-likeness (QED) is 0.210. The van der Waals surface area contributed by atoms with E-state index in [4.69, 9.17) is 26.1 Å². The SMILES string of the molecule is Cc1ccc(C)c(OCC(=O)NC(C)c2nc3ccccc3n2CCCCOc2cc(C)c(Cl)c(C)c2)c1. The Balaban J connectivity index is 1.36. The van der Waals surface area contributed by atoms with E-state index in [1.807, 2.05) is 83.1 Å². The lowest BCUT2D eigenvalue weighted by Gasteiger charge is -2.17. The normalized spacial score (nSPS) is 11.9. The lowest BCUT2D eigenvalue weighted by atomic mass is 10.1. The Kier molecular flexibility index (Phi) is 8.95. The first kappa shape index (κ1) is 27.5. The van der Waals surface area contributed by atoms with E-state index in [-0.39, 0.29) is 18.6 Å². The van der Waals surface area contributed by atoms with Crippen LogP contribution in [0.4, 0.5) is 0 Å². The molecule has 38 heavy (non-hydrogen) atoms. The lowest BCUT2D eigenvalue weighted by molar-refractivity contribution is -0.123. The third-order valence-corrected chi connectivity index (χ3v) is 7.20. The Hall–Kier alpha value is -3.51. The molecule has 0 aliphatic carbocycles. The van der Waals surface area contributed by atoms with Gasteiger partial charge in [0.1, 0.15) is 17.3 Å². The van der Waals surface area contributed by atoms with Gasteiger partial charge in [-0.25, -0.2) is 4.98 Å². The van der Waals surface area contributed by atoms with Crippen molar-refractivity contribution < 1.29 is 14.3 Å². The highest BCUT2D eigenvalue weighted by molar-refractivity contribution is 6.32. The fourth-order valence-corrected chi connectivity index (χ4v) is 4.67. The van der Waals surface area contributed by atoms with Crippen LogP contribution in [-0.2, 0) is 11.3 Å². The molecule has 7 heteroatoms. The molecule has 0 fully saturated rings. The van der Waals surface area contributed by atoms with Crippen molar-refractivity contribution in [1.29, 1.82) is 0 Å². The van der Waals surface area contributed by atoms with E-state index in [0.29, 0.717) is 6.61 Å². The Morgan fingerprint density at radius 1 is 0.974 bits per heavy atom. The van der Waals surface area contributed by atoms with Crippen LogP contribution in [0.3, 0.4) is 0 Å². The van der Waals surface area contributed by atoms with Gasteiger partial charge in [0.05, 0.1) is 23.7 Å². The molecule has 1 atom stereocenters. The lowest BCUT2D eigenvalue weighted by Crippen LogP contribution is -2.32. The molecule has 0 saturated carbocycles. The van der Waals surface area contributed by atoms with Crippen molar-refractivity contribution in [2.24, 2.45) is 0 Å². The van der Waals surface area contributed by atoms with E-state index in [0.717, 1.165) is 75.0 Å².